The molecule has 104 valence electrons. The normalized spacial score (nSPS) is 32.4. The zero-order valence-electron chi connectivity index (χ0n) is 11.2. The van der Waals surface area contributed by atoms with Gasteiger partial charge in [-0.1, -0.05) is 12.8 Å². The van der Waals surface area contributed by atoms with E-state index >= 15 is 0 Å². The third-order valence-electron chi connectivity index (χ3n) is 4.32. The molecule has 2 aliphatic rings. The monoisotopic (exact) mass is 254 g/mol. The molecule has 4 heteroatoms. The van der Waals surface area contributed by atoms with Crippen LogP contribution in [0, 0.1) is 17.8 Å². The van der Waals surface area contributed by atoms with E-state index in [1.54, 1.807) is 0 Å². The lowest BCUT2D eigenvalue weighted by Gasteiger charge is -2.28. The minimum absolute atomic E-state index is 0.220. The molecule has 1 aliphatic heterocycles. The number of hydrogen-bond donors (Lipinski definition) is 2. The Bertz CT molecular complexity index is 263. The predicted octanol–water partition coefficient (Wildman–Crippen LogP) is 1.29. The third kappa shape index (κ3) is 3.95. The second kappa shape index (κ2) is 7.10. The Kier molecular flexibility index (Phi) is 5.45. The summed E-state index contributed by atoms with van der Waals surface area (Å²) < 4.78 is 5.32. The molecule has 0 aromatic carbocycles. The molecular weight excluding hydrogens is 228 g/mol. The van der Waals surface area contributed by atoms with Crippen molar-refractivity contribution < 1.29 is 9.53 Å². The van der Waals surface area contributed by atoms with Crippen LogP contribution in [0.2, 0.25) is 0 Å². The van der Waals surface area contributed by atoms with Gasteiger partial charge in [-0.25, -0.2) is 0 Å². The van der Waals surface area contributed by atoms with Crippen LogP contribution < -0.4 is 11.1 Å². The lowest BCUT2D eigenvalue weighted by Crippen LogP contribution is -2.37. The van der Waals surface area contributed by atoms with Gasteiger partial charge in [0.1, 0.15) is 0 Å². The zero-order valence-corrected chi connectivity index (χ0v) is 11.2. The maximum absolute atomic E-state index is 12.1. The summed E-state index contributed by atoms with van der Waals surface area (Å²) in [5.74, 6) is 1.66. The molecule has 1 saturated heterocycles. The number of hydrogen-bond acceptors (Lipinski definition) is 3. The largest absolute Gasteiger partial charge is 0.381 e. The Labute approximate surface area is 110 Å². The molecule has 18 heavy (non-hydrogen) atoms. The minimum Gasteiger partial charge on any atom is -0.381 e. The lowest BCUT2D eigenvalue weighted by atomic mass is 9.79. The van der Waals surface area contributed by atoms with Crippen molar-refractivity contribution in [2.45, 2.75) is 38.5 Å². The summed E-state index contributed by atoms with van der Waals surface area (Å²) in [5, 5.41) is 3.11. The van der Waals surface area contributed by atoms with Gasteiger partial charge in [0.25, 0.3) is 0 Å². The topological polar surface area (TPSA) is 64.4 Å². The Morgan fingerprint density at radius 2 is 2.17 bits per heavy atom. The van der Waals surface area contributed by atoms with Crippen LogP contribution in [0.25, 0.3) is 0 Å². The molecule has 3 atom stereocenters. The third-order valence-corrected chi connectivity index (χ3v) is 4.32. The lowest BCUT2D eigenvalue weighted by molar-refractivity contribution is -0.126. The number of carbonyl (C=O) groups is 1. The van der Waals surface area contributed by atoms with Crippen LogP contribution in [0.5, 0.6) is 0 Å². The second-order valence-electron chi connectivity index (χ2n) is 5.78. The van der Waals surface area contributed by atoms with E-state index in [0.29, 0.717) is 11.8 Å². The molecule has 3 N–H and O–H groups in total. The van der Waals surface area contributed by atoms with E-state index in [1.807, 2.05) is 0 Å². The molecule has 0 radical (unpaired) electrons. The first kappa shape index (κ1) is 13.8. The zero-order chi connectivity index (χ0) is 12.8. The quantitative estimate of drug-likeness (QED) is 0.777. The Morgan fingerprint density at radius 1 is 1.28 bits per heavy atom. The van der Waals surface area contributed by atoms with Crippen molar-refractivity contribution >= 4 is 5.91 Å². The SMILES string of the molecule is NCCC1CCCC(C(=O)NCC2CCOC2)C1. The molecule has 1 heterocycles. The first-order valence-electron chi connectivity index (χ1n) is 7.35. The van der Waals surface area contributed by atoms with Crippen molar-refractivity contribution in [1.29, 1.82) is 0 Å². The van der Waals surface area contributed by atoms with Crippen LogP contribution in [0.15, 0.2) is 0 Å². The van der Waals surface area contributed by atoms with E-state index in [9.17, 15) is 4.79 Å². The standard InChI is InChI=1S/C14H26N2O2/c15-6-4-11-2-1-3-13(8-11)14(17)16-9-12-5-7-18-10-12/h11-13H,1-10,15H2,(H,16,17). The predicted molar refractivity (Wildman–Crippen MR) is 71.1 cm³/mol. The summed E-state index contributed by atoms with van der Waals surface area (Å²) in [7, 11) is 0. The van der Waals surface area contributed by atoms with Gasteiger partial charge in [-0.3, -0.25) is 4.79 Å². The van der Waals surface area contributed by atoms with Crippen LogP contribution in [0.1, 0.15) is 38.5 Å². The van der Waals surface area contributed by atoms with Crippen molar-refractivity contribution in [1.82, 2.24) is 5.32 Å². The number of amides is 1. The summed E-state index contributed by atoms with van der Waals surface area (Å²) >= 11 is 0. The highest BCUT2D eigenvalue weighted by Crippen LogP contribution is 2.30. The van der Waals surface area contributed by atoms with E-state index < -0.39 is 0 Å². The fourth-order valence-corrected chi connectivity index (χ4v) is 3.16. The Balaban J connectivity index is 1.70. The summed E-state index contributed by atoms with van der Waals surface area (Å²) in [6.45, 7) is 3.19. The van der Waals surface area contributed by atoms with Gasteiger partial charge in [0.15, 0.2) is 0 Å². The fourth-order valence-electron chi connectivity index (χ4n) is 3.16. The van der Waals surface area contributed by atoms with Crippen molar-refractivity contribution in [2.24, 2.45) is 23.5 Å². The van der Waals surface area contributed by atoms with Crippen LogP contribution in [-0.4, -0.2) is 32.2 Å². The van der Waals surface area contributed by atoms with Crippen molar-refractivity contribution in [2.75, 3.05) is 26.3 Å². The van der Waals surface area contributed by atoms with Gasteiger partial charge in [0, 0.05) is 25.0 Å². The van der Waals surface area contributed by atoms with E-state index in [4.69, 9.17) is 10.5 Å². The first-order chi connectivity index (χ1) is 8.79. The van der Waals surface area contributed by atoms with Crippen LogP contribution >= 0.6 is 0 Å². The van der Waals surface area contributed by atoms with Crippen molar-refractivity contribution in [3.8, 4) is 0 Å². The molecule has 2 fully saturated rings. The molecule has 3 unspecified atom stereocenters. The average Bonchev–Trinajstić information content (AvgIpc) is 2.90. The molecule has 2 rings (SSSR count). The molecule has 0 aromatic rings. The van der Waals surface area contributed by atoms with Crippen LogP contribution in [-0.2, 0) is 9.53 Å². The number of nitrogens with two attached hydrogens (primary N) is 1. The van der Waals surface area contributed by atoms with Gasteiger partial charge < -0.3 is 15.8 Å². The molecule has 1 amide bonds. The van der Waals surface area contributed by atoms with Crippen LogP contribution in [0.3, 0.4) is 0 Å². The molecule has 1 aliphatic carbocycles. The van der Waals surface area contributed by atoms with Gasteiger partial charge in [-0.05, 0) is 38.1 Å². The van der Waals surface area contributed by atoms with Gasteiger partial charge >= 0.3 is 0 Å². The summed E-state index contributed by atoms with van der Waals surface area (Å²) in [6.07, 6.45) is 6.66. The molecule has 0 aromatic heterocycles. The van der Waals surface area contributed by atoms with Gasteiger partial charge in [0.2, 0.25) is 5.91 Å². The highest BCUT2D eigenvalue weighted by molar-refractivity contribution is 5.78. The second-order valence-corrected chi connectivity index (χ2v) is 5.78. The molecule has 4 nitrogen and oxygen atoms in total. The number of rotatable bonds is 5. The summed E-state index contributed by atoms with van der Waals surface area (Å²) in [6, 6.07) is 0. The minimum atomic E-state index is 0.220. The Hall–Kier alpha value is -0.610. The van der Waals surface area contributed by atoms with Crippen LogP contribution in [0.4, 0.5) is 0 Å². The fraction of sp³-hybridized carbons (Fsp3) is 0.929. The molecule has 1 saturated carbocycles. The maximum atomic E-state index is 12.1. The number of ether oxygens (including phenoxy) is 1. The van der Waals surface area contributed by atoms with E-state index in [-0.39, 0.29) is 11.8 Å². The van der Waals surface area contributed by atoms with Gasteiger partial charge in [-0.15, -0.1) is 0 Å². The van der Waals surface area contributed by atoms with E-state index in [0.717, 1.165) is 52.0 Å². The molecule has 0 spiro atoms. The summed E-state index contributed by atoms with van der Waals surface area (Å²) in [5.41, 5.74) is 5.61. The average molecular weight is 254 g/mol. The number of nitrogens with one attached hydrogen (secondary N) is 1. The van der Waals surface area contributed by atoms with Crippen molar-refractivity contribution in [3.63, 3.8) is 0 Å². The van der Waals surface area contributed by atoms with E-state index in [2.05, 4.69) is 5.32 Å². The first-order valence-corrected chi connectivity index (χ1v) is 7.35. The smallest absolute Gasteiger partial charge is 0.223 e. The van der Waals surface area contributed by atoms with E-state index in [1.165, 1.54) is 12.8 Å². The maximum Gasteiger partial charge on any atom is 0.223 e. The van der Waals surface area contributed by atoms with Gasteiger partial charge in [0.05, 0.1) is 6.61 Å². The van der Waals surface area contributed by atoms with Gasteiger partial charge in [-0.2, -0.15) is 0 Å². The Morgan fingerprint density at radius 3 is 2.89 bits per heavy atom. The molecule has 0 bridgehead atoms. The summed E-state index contributed by atoms with van der Waals surface area (Å²) in [4.78, 5) is 12.1. The highest BCUT2D eigenvalue weighted by Gasteiger charge is 2.27. The number of carbonyl (C=O) groups excluding carboxylic acids is 1. The van der Waals surface area contributed by atoms with Crippen molar-refractivity contribution in [3.05, 3.63) is 0 Å². The highest BCUT2D eigenvalue weighted by atomic mass is 16.5. The molecular formula is C14H26N2O2.